The van der Waals surface area contributed by atoms with E-state index in [1.54, 1.807) is 6.92 Å². The van der Waals surface area contributed by atoms with E-state index in [0.717, 1.165) is 17.2 Å². The van der Waals surface area contributed by atoms with Crippen molar-refractivity contribution in [3.05, 3.63) is 11.1 Å². The van der Waals surface area contributed by atoms with Crippen molar-refractivity contribution < 1.29 is 9.53 Å². The van der Waals surface area contributed by atoms with Gasteiger partial charge in [0, 0.05) is 11.4 Å². The number of anilines is 1. The molecule has 1 unspecified atom stereocenters. The van der Waals surface area contributed by atoms with E-state index in [9.17, 15) is 4.79 Å². The van der Waals surface area contributed by atoms with Crippen molar-refractivity contribution in [3.8, 4) is 0 Å². The molecule has 1 heterocycles. The Hall–Kier alpha value is -1.10. The van der Waals surface area contributed by atoms with Crippen molar-refractivity contribution in [2.75, 3.05) is 11.9 Å². The van der Waals surface area contributed by atoms with Gasteiger partial charge in [-0.3, -0.25) is 4.79 Å². The largest absolute Gasteiger partial charge is 0.466 e. The van der Waals surface area contributed by atoms with Gasteiger partial charge < -0.3 is 10.1 Å². The Bertz CT molecular complexity index is 338. The van der Waals surface area contributed by atoms with E-state index in [-0.39, 0.29) is 12.4 Å². The van der Waals surface area contributed by atoms with Crippen LogP contribution < -0.4 is 5.32 Å². The molecule has 0 saturated heterocycles. The molecule has 1 atom stereocenters. The minimum Gasteiger partial charge on any atom is -0.466 e. The number of carbonyl (C=O) groups excluding carboxylic acids is 1. The maximum absolute atomic E-state index is 11.2. The first kappa shape index (κ1) is 13.0. The number of esters is 1. The molecule has 0 bridgehead atoms. The number of rotatable bonds is 6. The van der Waals surface area contributed by atoms with Crippen molar-refractivity contribution in [2.45, 2.75) is 39.7 Å². The Kier molecular flexibility index (Phi) is 5.25. The summed E-state index contributed by atoms with van der Waals surface area (Å²) in [4.78, 5) is 15.5. The molecule has 0 aliphatic heterocycles. The van der Waals surface area contributed by atoms with Crippen LogP contribution in [-0.2, 0) is 16.0 Å². The third-order valence-corrected chi connectivity index (χ3v) is 2.99. The summed E-state index contributed by atoms with van der Waals surface area (Å²) in [5, 5.41) is 6.03. The maximum atomic E-state index is 11.2. The molecule has 4 nitrogen and oxygen atoms in total. The third-order valence-electron chi connectivity index (χ3n) is 2.16. The lowest BCUT2D eigenvalue weighted by atomic mass is 10.3. The van der Waals surface area contributed by atoms with Gasteiger partial charge in [0.25, 0.3) is 0 Å². The monoisotopic (exact) mass is 242 g/mol. The van der Waals surface area contributed by atoms with Crippen molar-refractivity contribution in [1.29, 1.82) is 0 Å². The van der Waals surface area contributed by atoms with Gasteiger partial charge in [-0.2, -0.15) is 0 Å². The highest BCUT2D eigenvalue weighted by molar-refractivity contribution is 7.13. The fourth-order valence-corrected chi connectivity index (χ4v) is 1.95. The minimum absolute atomic E-state index is 0.220. The highest BCUT2D eigenvalue weighted by Gasteiger charge is 2.09. The van der Waals surface area contributed by atoms with Crippen LogP contribution in [0, 0.1) is 0 Å². The minimum atomic E-state index is -0.220. The molecule has 90 valence electrons. The molecule has 0 saturated carbocycles. The summed E-state index contributed by atoms with van der Waals surface area (Å²) in [6, 6.07) is 0.404. The molecular formula is C11H18N2O2S. The molecule has 0 aromatic carbocycles. The summed E-state index contributed by atoms with van der Waals surface area (Å²) >= 11 is 1.52. The van der Waals surface area contributed by atoms with Crippen LogP contribution in [0.3, 0.4) is 0 Å². The molecule has 0 aliphatic rings. The number of nitrogens with zero attached hydrogens (tertiary/aromatic N) is 1. The van der Waals surface area contributed by atoms with Gasteiger partial charge in [0.2, 0.25) is 0 Å². The van der Waals surface area contributed by atoms with E-state index in [1.807, 2.05) is 5.38 Å². The van der Waals surface area contributed by atoms with E-state index in [0.29, 0.717) is 12.6 Å². The highest BCUT2D eigenvalue weighted by Crippen LogP contribution is 2.17. The fourth-order valence-electron chi connectivity index (χ4n) is 1.13. The first-order valence-electron chi connectivity index (χ1n) is 5.52. The van der Waals surface area contributed by atoms with Gasteiger partial charge in [0.15, 0.2) is 5.13 Å². The first-order chi connectivity index (χ1) is 7.65. The molecule has 1 rings (SSSR count). The molecule has 0 radical (unpaired) electrons. The summed E-state index contributed by atoms with van der Waals surface area (Å²) in [7, 11) is 0. The fraction of sp³-hybridized carbons (Fsp3) is 0.636. The second-order valence-electron chi connectivity index (χ2n) is 3.58. The lowest BCUT2D eigenvalue weighted by Crippen LogP contribution is -2.13. The van der Waals surface area contributed by atoms with E-state index in [4.69, 9.17) is 4.74 Å². The van der Waals surface area contributed by atoms with E-state index in [1.165, 1.54) is 11.3 Å². The number of nitrogens with one attached hydrogen (secondary N) is 1. The summed E-state index contributed by atoms with van der Waals surface area (Å²) in [5.74, 6) is -0.220. The standard InChI is InChI=1S/C11H18N2O2S/c1-4-8(3)12-11-13-9(7-16-11)6-10(14)15-5-2/h7-8H,4-6H2,1-3H3,(H,12,13). The number of ether oxygens (including phenoxy) is 1. The van der Waals surface area contributed by atoms with Crippen LogP contribution in [0.2, 0.25) is 0 Å². The predicted octanol–water partition coefficient (Wildman–Crippen LogP) is 2.46. The zero-order chi connectivity index (χ0) is 12.0. The highest BCUT2D eigenvalue weighted by atomic mass is 32.1. The Morgan fingerprint density at radius 2 is 2.38 bits per heavy atom. The van der Waals surface area contributed by atoms with Crippen LogP contribution in [0.1, 0.15) is 32.9 Å². The molecule has 0 spiro atoms. The Morgan fingerprint density at radius 3 is 3.00 bits per heavy atom. The zero-order valence-electron chi connectivity index (χ0n) is 9.95. The number of hydrogen-bond acceptors (Lipinski definition) is 5. The smallest absolute Gasteiger partial charge is 0.311 e. The van der Waals surface area contributed by atoms with E-state index < -0.39 is 0 Å². The summed E-state index contributed by atoms with van der Waals surface area (Å²) < 4.78 is 4.86. The quantitative estimate of drug-likeness (QED) is 0.779. The third kappa shape index (κ3) is 4.18. The van der Waals surface area contributed by atoms with Crippen LogP contribution in [0.5, 0.6) is 0 Å². The predicted molar refractivity (Wildman–Crippen MR) is 65.8 cm³/mol. The lowest BCUT2D eigenvalue weighted by Gasteiger charge is -2.08. The summed E-state index contributed by atoms with van der Waals surface area (Å²) in [5.41, 5.74) is 0.772. The molecule has 0 aliphatic carbocycles. The number of thiazole rings is 1. The van der Waals surface area contributed by atoms with Crippen molar-refractivity contribution in [2.24, 2.45) is 0 Å². The SMILES string of the molecule is CCOC(=O)Cc1csc(NC(C)CC)n1. The van der Waals surface area contributed by atoms with Crippen LogP contribution in [0.15, 0.2) is 5.38 Å². The topological polar surface area (TPSA) is 51.2 Å². The van der Waals surface area contributed by atoms with Crippen molar-refractivity contribution in [3.63, 3.8) is 0 Å². The molecule has 16 heavy (non-hydrogen) atoms. The first-order valence-corrected chi connectivity index (χ1v) is 6.40. The van der Waals surface area contributed by atoms with Gasteiger partial charge in [-0.25, -0.2) is 4.98 Å². The zero-order valence-corrected chi connectivity index (χ0v) is 10.8. The van der Waals surface area contributed by atoms with Gasteiger partial charge >= 0.3 is 5.97 Å². The number of hydrogen-bond donors (Lipinski definition) is 1. The average Bonchev–Trinajstić information content (AvgIpc) is 2.65. The van der Waals surface area contributed by atoms with E-state index >= 15 is 0 Å². The van der Waals surface area contributed by atoms with E-state index in [2.05, 4.69) is 24.1 Å². The maximum Gasteiger partial charge on any atom is 0.311 e. The number of carbonyl (C=O) groups is 1. The molecule has 5 heteroatoms. The van der Waals surface area contributed by atoms with Gasteiger partial charge in [-0.15, -0.1) is 11.3 Å². The molecule has 1 aromatic heterocycles. The van der Waals surface area contributed by atoms with Gasteiger partial charge in [-0.05, 0) is 20.3 Å². The molecule has 0 amide bonds. The normalized spacial score (nSPS) is 12.2. The molecule has 1 aromatic rings. The molecule has 0 fully saturated rings. The summed E-state index contributed by atoms with van der Waals surface area (Å²) in [6.45, 7) is 6.44. The van der Waals surface area contributed by atoms with Crippen LogP contribution in [0.25, 0.3) is 0 Å². The average molecular weight is 242 g/mol. The van der Waals surface area contributed by atoms with Crippen LogP contribution >= 0.6 is 11.3 Å². The number of aromatic nitrogens is 1. The van der Waals surface area contributed by atoms with Gasteiger partial charge in [0.1, 0.15) is 0 Å². The Morgan fingerprint density at radius 1 is 1.62 bits per heavy atom. The Labute approximate surface area is 100 Å². The van der Waals surface area contributed by atoms with Crippen LogP contribution in [-0.4, -0.2) is 23.6 Å². The second kappa shape index (κ2) is 6.48. The van der Waals surface area contributed by atoms with Crippen LogP contribution in [0.4, 0.5) is 5.13 Å². The molecule has 1 N–H and O–H groups in total. The Balaban J connectivity index is 2.48. The summed E-state index contributed by atoms with van der Waals surface area (Å²) in [6.07, 6.45) is 1.30. The van der Waals surface area contributed by atoms with Gasteiger partial charge in [-0.1, -0.05) is 6.92 Å². The second-order valence-corrected chi connectivity index (χ2v) is 4.44. The lowest BCUT2D eigenvalue weighted by molar-refractivity contribution is -0.142. The van der Waals surface area contributed by atoms with Crippen molar-refractivity contribution >= 4 is 22.4 Å². The molecular weight excluding hydrogens is 224 g/mol. The van der Waals surface area contributed by atoms with Crippen molar-refractivity contribution in [1.82, 2.24) is 4.98 Å². The van der Waals surface area contributed by atoms with Gasteiger partial charge in [0.05, 0.1) is 18.7 Å².